The lowest BCUT2D eigenvalue weighted by Crippen LogP contribution is -2.47. The van der Waals surface area contributed by atoms with E-state index in [0.29, 0.717) is 12.3 Å². The van der Waals surface area contributed by atoms with E-state index >= 15 is 0 Å². The molecule has 6 heteroatoms. The van der Waals surface area contributed by atoms with E-state index in [1.807, 2.05) is 39.0 Å². The van der Waals surface area contributed by atoms with Crippen molar-refractivity contribution in [3.8, 4) is 0 Å². The lowest BCUT2D eigenvalue weighted by atomic mass is 9.93. The molecule has 1 aliphatic heterocycles. The second kappa shape index (κ2) is 6.65. The van der Waals surface area contributed by atoms with Gasteiger partial charge >= 0.3 is 6.03 Å². The minimum atomic E-state index is -0.313. The van der Waals surface area contributed by atoms with Gasteiger partial charge in [0.15, 0.2) is 0 Å². The van der Waals surface area contributed by atoms with Gasteiger partial charge in [0.2, 0.25) is 0 Å². The van der Waals surface area contributed by atoms with Crippen molar-refractivity contribution in [2.45, 2.75) is 39.3 Å². The zero-order chi connectivity index (χ0) is 17.3. The Labute approximate surface area is 141 Å². The predicted octanol–water partition coefficient (Wildman–Crippen LogP) is 2.65. The van der Waals surface area contributed by atoms with Gasteiger partial charge < -0.3 is 19.8 Å². The molecular formula is C18H23N3O3. The number of amides is 2. The predicted molar refractivity (Wildman–Crippen MR) is 89.6 cm³/mol. The number of carbonyl (C=O) groups excluding carboxylic acids is 1. The second-order valence-electron chi connectivity index (χ2n) is 6.25. The van der Waals surface area contributed by atoms with Crippen LogP contribution in [0.2, 0.25) is 0 Å². The SMILES string of the molecule is Cc1noc(C)c1C(C)NC(=O)N1CCc2ccccc2C1CO. The van der Waals surface area contributed by atoms with E-state index in [1.54, 1.807) is 4.90 Å². The zero-order valence-corrected chi connectivity index (χ0v) is 14.2. The number of fused-ring (bicyclic) bond motifs is 1. The van der Waals surface area contributed by atoms with Gasteiger partial charge in [0.05, 0.1) is 24.4 Å². The van der Waals surface area contributed by atoms with Gasteiger partial charge in [-0.1, -0.05) is 29.4 Å². The molecule has 2 atom stereocenters. The van der Waals surface area contributed by atoms with E-state index in [2.05, 4.69) is 16.5 Å². The molecule has 0 radical (unpaired) electrons. The number of aromatic nitrogens is 1. The molecule has 0 saturated heterocycles. The number of hydrogen-bond donors (Lipinski definition) is 2. The first-order valence-corrected chi connectivity index (χ1v) is 8.21. The molecule has 1 aliphatic rings. The van der Waals surface area contributed by atoms with E-state index in [0.717, 1.165) is 23.2 Å². The van der Waals surface area contributed by atoms with Gasteiger partial charge in [0, 0.05) is 12.1 Å². The van der Waals surface area contributed by atoms with Crippen molar-refractivity contribution in [1.82, 2.24) is 15.4 Å². The molecule has 0 bridgehead atoms. The average molecular weight is 329 g/mol. The topological polar surface area (TPSA) is 78.6 Å². The van der Waals surface area contributed by atoms with Crippen molar-refractivity contribution >= 4 is 6.03 Å². The van der Waals surface area contributed by atoms with Crippen LogP contribution >= 0.6 is 0 Å². The minimum absolute atomic E-state index is 0.0931. The number of nitrogens with zero attached hydrogens (tertiary/aromatic N) is 2. The van der Waals surface area contributed by atoms with Crippen molar-refractivity contribution in [3.63, 3.8) is 0 Å². The van der Waals surface area contributed by atoms with Crippen LogP contribution in [0.25, 0.3) is 0 Å². The summed E-state index contributed by atoms with van der Waals surface area (Å²) in [6.07, 6.45) is 0.791. The van der Waals surface area contributed by atoms with Crippen LogP contribution in [0.15, 0.2) is 28.8 Å². The molecule has 24 heavy (non-hydrogen) atoms. The minimum Gasteiger partial charge on any atom is -0.394 e. The molecule has 2 amide bonds. The maximum atomic E-state index is 12.8. The number of aliphatic hydroxyl groups excluding tert-OH is 1. The van der Waals surface area contributed by atoms with Gasteiger partial charge in [-0.15, -0.1) is 0 Å². The first-order chi connectivity index (χ1) is 11.5. The number of rotatable bonds is 3. The van der Waals surface area contributed by atoms with Crippen LogP contribution < -0.4 is 5.32 Å². The summed E-state index contributed by atoms with van der Waals surface area (Å²) in [5.74, 6) is 0.711. The van der Waals surface area contributed by atoms with Gasteiger partial charge in [0.1, 0.15) is 5.76 Å². The summed E-state index contributed by atoms with van der Waals surface area (Å²) in [5.41, 5.74) is 3.90. The van der Waals surface area contributed by atoms with Gasteiger partial charge in [0.25, 0.3) is 0 Å². The van der Waals surface area contributed by atoms with Crippen molar-refractivity contribution in [1.29, 1.82) is 0 Å². The summed E-state index contributed by atoms with van der Waals surface area (Å²) in [7, 11) is 0. The van der Waals surface area contributed by atoms with Crippen LogP contribution in [0.4, 0.5) is 4.79 Å². The first-order valence-electron chi connectivity index (χ1n) is 8.21. The van der Waals surface area contributed by atoms with Crippen LogP contribution in [0.3, 0.4) is 0 Å². The third-order valence-corrected chi connectivity index (χ3v) is 4.71. The number of nitrogens with one attached hydrogen (secondary N) is 1. The van der Waals surface area contributed by atoms with Crippen molar-refractivity contribution < 1.29 is 14.4 Å². The number of hydrogen-bond acceptors (Lipinski definition) is 4. The molecule has 1 aromatic carbocycles. The van der Waals surface area contributed by atoms with Crippen LogP contribution in [0.1, 0.15) is 47.2 Å². The quantitative estimate of drug-likeness (QED) is 0.907. The number of urea groups is 1. The second-order valence-corrected chi connectivity index (χ2v) is 6.25. The van der Waals surface area contributed by atoms with Crippen LogP contribution in [0, 0.1) is 13.8 Å². The fourth-order valence-electron chi connectivity index (χ4n) is 3.54. The first kappa shape index (κ1) is 16.5. The number of aryl methyl sites for hydroxylation is 2. The summed E-state index contributed by atoms with van der Waals surface area (Å²) < 4.78 is 5.18. The third-order valence-electron chi connectivity index (χ3n) is 4.71. The number of aliphatic hydroxyl groups is 1. The molecule has 0 aliphatic carbocycles. The smallest absolute Gasteiger partial charge is 0.318 e. The zero-order valence-electron chi connectivity index (χ0n) is 14.2. The molecule has 2 unspecified atom stereocenters. The Bertz CT molecular complexity index is 721. The van der Waals surface area contributed by atoms with Crippen LogP contribution in [-0.4, -0.2) is 34.3 Å². The molecule has 6 nitrogen and oxygen atoms in total. The van der Waals surface area contributed by atoms with Crippen molar-refractivity contribution in [3.05, 3.63) is 52.4 Å². The highest BCUT2D eigenvalue weighted by molar-refractivity contribution is 5.76. The van der Waals surface area contributed by atoms with Crippen molar-refractivity contribution in [2.75, 3.05) is 13.2 Å². The molecule has 3 rings (SSSR count). The summed E-state index contributed by atoms with van der Waals surface area (Å²) in [6.45, 7) is 6.11. The highest BCUT2D eigenvalue weighted by Gasteiger charge is 2.31. The molecule has 2 aromatic rings. The van der Waals surface area contributed by atoms with E-state index < -0.39 is 0 Å². The van der Waals surface area contributed by atoms with E-state index in [1.165, 1.54) is 5.56 Å². The lowest BCUT2D eigenvalue weighted by molar-refractivity contribution is 0.125. The highest BCUT2D eigenvalue weighted by atomic mass is 16.5. The van der Waals surface area contributed by atoms with Crippen molar-refractivity contribution in [2.24, 2.45) is 0 Å². The molecule has 2 heterocycles. The molecule has 0 saturated carbocycles. The number of carbonyl (C=O) groups is 1. The Hall–Kier alpha value is -2.34. The van der Waals surface area contributed by atoms with Gasteiger partial charge in [-0.2, -0.15) is 0 Å². The fraction of sp³-hybridized carbons (Fsp3) is 0.444. The molecule has 1 aromatic heterocycles. The lowest BCUT2D eigenvalue weighted by Gasteiger charge is -2.37. The van der Waals surface area contributed by atoms with E-state index in [9.17, 15) is 9.90 Å². The monoisotopic (exact) mass is 329 g/mol. The van der Waals surface area contributed by atoms with Crippen LogP contribution in [-0.2, 0) is 6.42 Å². The summed E-state index contributed by atoms with van der Waals surface area (Å²) >= 11 is 0. The summed E-state index contributed by atoms with van der Waals surface area (Å²) in [5, 5.41) is 16.8. The maximum absolute atomic E-state index is 12.8. The summed E-state index contributed by atoms with van der Waals surface area (Å²) in [6, 6.07) is 7.26. The summed E-state index contributed by atoms with van der Waals surface area (Å²) in [4.78, 5) is 14.5. The van der Waals surface area contributed by atoms with Crippen LogP contribution in [0.5, 0.6) is 0 Å². The molecule has 0 fully saturated rings. The fourth-order valence-corrected chi connectivity index (χ4v) is 3.54. The van der Waals surface area contributed by atoms with E-state index in [-0.39, 0.29) is 24.7 Å². The molecule has 2 N–H and O–H groups in total. The maximum Gasteiger partial charge on any atom is 0.318 e. The molecule has 0 spiro atoms. The molecular weight excluding hydrogens is 306 g/mol. The Balaban J connectivity index is 1.78. The standard InChI is InChI=1S/C18H23N3O3/c1-11(17-12(2)20-24-13(17)3)19-18(23)21-9-8-14-6-4-5-7-15(14)16(21)10-22/h4-7,11,16,22H,8-10H2,1-3H3,(H,19,23). The Morgan fingerprint density at radius 2 is 2.21 bits per heavy atom. The number of benzene rings is 1. The highest BCUT2D eigenvalue weighted by Crippen LogP contribution is 2.30. The van der Waals surface area contributed by atoms with Gasteiger partial charge in [-0.25, -0.2) is 4.79 Å². The van der Waals surface area contributed by atoms with Gasteiger partial charge in [-0.3, -0.25) is 0 Å². The average Bonchev–Trinajstić information content (AvgIpc) is 2.92. The molecule has 128 valence electrons. The Morgan fingerprint density at radius 1 is 1.46 bits per heavy atom. The largest absolute Gasteiger partial charge is 0.394 e. The van der Waals surface area contributed by atoms with E-state index in [4.69, 9.17) is 4.52 Å². The van der Waals surface area contributed by atoms with Gasteiger partial charge in [-0.05, 0) is 38.3 Å². The third kappa shape index (κ3) is 2.89. The Morgan fingerprint density at radius 3 is 2.88 bits per heavy atom. The Kier molecular flexibility index (Phi) is 4.57. The normalized spacial score (nSPS) is 18.2.